The van der Waals surface area contributed by atoms with Crippen molar-refractivity contribution in [3.05, 3.63) is 77.6 Å². The number of H-pyrrole nitrogens is 2. The number of nitrogens with two attached hydrogens (primary N) is 2. The number of aromatic nitrogens is 10. The van der Waals surface area contributed by atoms with Gasteiger partial charge in [0.2, 0.25) is 0 Å². The molecule has 1 amide bonds. The number of piperazine rings is 2. The van der Waals surface area contributed by atoms with Gasteiger partial charge in [-0.15, -0.1) is 20.4 Å². The van der Waals surface area contributed by atoms with Crippen LogP contribution in [-0.4, -0.2) is 127 Å². The first kappa shape index (κ1) is 43.9. The second-order valence-corrected chi connectivity index (χ2v) is 16.2. The number of anilines is 4. The zero-order valence-corrected chi connectivity index (χ0v) is 36.9. The highest BCUT2D eigenvalue weighted by Crippen LogP contribution is 2.28. The highest BCUT2D eigenvalue weighted by atomic mass is 16.6. The van der Waals surface area contributed by atoms with E-state index in [1.165, 1.54) is 5.56 Å². The van der Waals surface area contributed by atoms with Crippen LogP contribution in [0.1, 0.15) is 44.6 Å². The number of aryl methyl sites for hydroxylation is 3. The number of methoxy groups -OCH3 is 1. The molecule has 0 saturated carbocycles. The second-order valence-electron chi connectivity index (χ2n) is 16.2. The fourth-order valence-corrected chi connectivity index (χ4v) is 7.08. The lowest BCUT2D eigenvalue weighted by molar-refractivity contribution is 0.0240. The number of nitrogen functional groups attached to an aromatic ring is 2. The molecule has 0 atom stereocenters. The van der Waals surface area contributed by atoms with Crippen molar-refractivity contribution in [2.24, 2.45) is 0 Å². The molecule has 2 aliphatic rings. The maximum Gasteiger partial charge on any atom is 0.410 e. The minimum absolute atomic E-state index is 0.269. The zero-order valence-electron chi connectivity index (χ0n) is 36.9. The number of hydrogen-bond acceptors (Lipinski definition) is 16. The van der Waals surface area contributed by atoms with E-state index in [9.17, 15) is 4.79 Å². The van der Waals surface area contributed by atoms with Gasteiger partial charge in [0.05, 0.1) is 18.1 Å². The monoisotopic (exact) mass is 856 g/mol. The number of carbonyl (C=O) groups excluding carboxylic acids is 1. The van der Waals surface area contributed by atoms with E-state index < -0.39 is 5.60 Å². The number of carbonyl (C=O) groups is 1. The van der Waals surface area contributed by atoms with Crippen molar-refractivity contribution in [3.63, 3.8) is 0 Å². The first-order valence-corrected chi connectivity index (χ1v) is 21.0. The Morgan fingerprint density at radius 1 is 0.698 bits per heavy atom. The fourth-order valence-electron chi connectivity index (χ4n) is 7.08. The van der Waals surface area contributed by atoms with Crippen LogP contribution in [0.3, 0.4) is 0 Å². The van der Waals surface area contributed by atoms with E-state index in [0.717, 1.165) is 82.7 Å². The number of nitrogens with zero attached hydrogens (tertiary/aromatic N) is 11. The number of hydrogen-bond donors (Lipinski definition) is 5. The van der Waals surface area contributed by atoms with Crippen LogP contribution < -0.4 is 31.3 Å². The number of rotatable bonds is 6. The van der Waals surface area contributed by atoms with E-state index in [4.69, 9.17) is 20.9 Å². The molecular weight excluding hydrogens is 801 g/mol. The van der Waals surface area contributed by atoms with Gasteiger partial charge in [-0.2, -0.15) is 10.2 Å². The topological polar surface area (TPSA) is 244 Å². The molecule has 7 N–H and O–H groups in total. The van der Waals surface area contributed by atoms with Crippen molar-refractivity contribution in [1.82, 2.24) is 61.0 Å². The Labute approximate surface area is 366 Å². The zero-order chi connectivity index (χ0) is 44.7. The van der Waals surface area contributed by atoms with Crippen molar-refractivity contribution in [3.8, 4) is 28.5 Å². The van der Waals surface area contributed by atoms with E-state index in [0.29, 0.717) is 55.3 Å². The van der Waals surface area contributed by atoms with Gasteiger partial charge in [0.25, 0.3) is 0 Å². The van der Waals surface area contributed by atoms with Crippen LogP contribution in [0, 0.1) is 13.8 Å². The quantitative estimate of drug-likeness (QED) is 0.142. The minimum Gasteiger partial charge on any atom is -0.497 e. The lowest BCUT2D eigenvalue weighted by Gasteiger charge is -2.36. The summed E-state index contributed by atoms with van der Waals surface area (Å²) in [5.41, 5.74) is 18.5. The SMILES string of the molecule is CCc1ccc(OC)cc1.Cc1[nH]nc2ccc(-c3nnc(N)c(N4CCN(C(=O)OC(C)(C)C)CC4)n3)cc12.Cc1[nH]nc2ccc(-c3nnc(N)c(N4CCNCC4)n3)cc12. The Balaban J connectivity index is 0.000000159. The summed E-state index contributed by atoms with van der Waals surface area (Å²) in [6.07, 6.45) is 0.782. The molecule has 6 heterocycles. The van der Waals surface area contributed by atoms with Crippen LogP contribution in [0.2, 0.25) is 0 Å². The summed E-state index contributed by atoms with van der Waals surface area (Å²) in [6, 6.07) is 19.9. The van der Waals surface area contributed by atoms with Gasteiger partial charge in [-0.1, -0.05) is 19.1 Å². The van der Waals surface area contributed by atoms with Crippen molar-refractivity contribution in [2.75, 3.05) is 80.7 Å². The second kappa shape index (κ2) is 19.3. The van der Waals surface area contributed by atoms with E-state index in [-0.39, 0.29) is 11.9 Å². The highest BCUT2D eigenvalue weighted by Gasteiger charge is 2.28. The molecule has 19 nitrogen and oxygen atoms in total. The van der Waals surface area contributed by atoms with E-state index in [1.54, 1.807) is 12.0 Å². The largest absolute Gasteiger partial charge is 0.497 e. The minimum atomic E-state index is -0.515. The van der Waals surface area contributed by atoms with Crippen molar-refractivity contribution in [2.45, 2.75) is 53.6 Å². The molecule has 2 fully saturated rings. The summed E-state index contributed by atoms with van der Waals surface area (Å²) in [6.45, 7) is 17.5. The lowest BCUT2D eigenvalue weighted by Crippen LogP contribution is -2.50. The molecular formula is C44H56N16O3. The first-order chi connectivity index (χ1) is 30.3. The Morgan fingerprint density at radius 2 is 1.19 bits per heavy atom. The number of fused-ring (bicyclic) bond motifs is 2. The molecule has 330 valence electrons. The van der Waals surface area contributed by atoms with E-state index in [1.807, 2.05) is 88.0 Å². The smallest absolute Gasteiger partial charge is 0.410 e. The number of nitrogens with one attached hydrogen (secondary N) is 3. The molecule has 4 aromatic heterocycles. The first-order valence-electron chi connectivity index (χ1n) is 21.0. The van der Waals surface area contributed by atoms with Gasteiger partial charge in [0.1, 0.15) is 11.4 Å². The summed E-state index contributed by atoms with van der Waals surface area (Å²) in [5, 5.41) is 36.4. The number of benzene rings is 3. The van der Waals surface area contributed by atoms with Gasteiger partial charge >= 0.3 is 6.09 Å². The Bertz CT molecular complexity index is 2620. The molecule has 3 aromatic carbocycles. The van der Waals surface area contributed by atoms with Crippen LogP contribution in [0.25, 0.3) is 44.6 Å². The van der Waals surface area contributed by atoms with E-state index >= 15 is 0 Å². The summed E-state index contributed by atoms with van der Waals surface area (Å²) < 4.78 is 10.5. The molecule has 0 spiro atoms. The maximum absolute atomic E-state index is 12.3. The van der Waals surface area contributed by atoms with Gasteiger partial charge in [0.15, 0.2) is 34.9 Å². The molecule has 63 heavy (non-hydrogen) atoms. The number of amides is 1. The number of ether oxygens (including phenoxy) is 2. The summed E-state index contributed by atoms with van der Waals surface area (Å²) in [5.74, 6) is 3.93. The van der Waals surface area contributed by atoms with Crippen LogP contribution >= 0.6 is 0 Å². The van der Waals surface area contributed by atoms with E-state index in [2.05, 4.69) is 80.0 Å². The van der Waals surface area contributed by atoms with Crippen LogP contribution in [-0.2, 0) is 11.2 Å². The van der Waals surface area contributed by atoms with Crippen LogP contribution in [0.4, 0.5) is 28.1 Å². The van der Waals surface area contributed by atoms with Gasteiger partial charge in [-0.05, 0) is 95.1 Å². The average Bonchev–Trinajstić information content (AvgIpc) is 3.87. The van der Waals surface area contributed by atoms with Gasteiger partial charge in [-0.25, -0.2) is 14.8 Å². The van der Waals surface area contributed by atoms with Crippen LogP contribution in [0.15, 0.2) is 60.7 Å². The molecule has 0 aliphatic carbocycles. The highest BCUT2D eigenvalue weighted by molar-refractivity contribution is 5.86. The van der Waals surface area contributed by atoms with Crippen molar-refractivity contribution < 1.29 is 14.3 Å². The summed E-state index contributed by atoms with van der Waals surface area (Å²) >= 11 is 0. The Morgan fingerprint density at radius 3 is 1.65 bits per heavy atom. The Kier molecular flexibility index (Phi) is 13.4. The molecule has 0 unspecified atom stereocenters. The normalized spacial score (nSPS) is 14.2. The summed E-state index contributed by atoms with van der Waals surface area (Å²) in [4.78, 5) is 27.5. The Hall–Kier alpha value is -7.15. The maximum atomic E-state index is 12.3. The third kappa shape index (κ3) is 10.7. The average molecular weight is 857 g/mol. The third-order valence-corrected chi connectivity index (χ3v) is 10.6. The lowest BCUT2D eigenvalue weighted by atomic mass is 10.1. The molecule has 2 saturated heterocycles. The van der Waals surface area contributed by atoms with Crippen molar-refractivity contribution in [1.29, 1.82) is 0 Å². The third-order valence-electron chi connectivity index (χ3n) is 10.6. The van der Waals surface area contributed by atoms with Gasteiger partial charge < -0.3 is 41.0 Å². The van der Waals surface area contributed by atoms with Gasteiger partial charge in [0, 0.05) is 85.6 Å². The standard InChI is InChI=1S/C20H26N8O2.C15H18N8.C9H12O/c1-12-14-11-13(5-6-15(14)24-23-12)17-22-18(16(21)25-26-17)27-7-9-28(10-8-27)19(29)30-20(2,3)4;1-9-11-8-10(2-3-12(11)20-19-9)14-18-15(13(16)21-22-14)23-6-4-17-5-7-23;1-3-8-4-6-9(10-2)7-5-8/h5-6,11H,7-10H2,1-4H3,(H2,21,25)(H,23,24);2-3,8,17H,4-7H2,1H3,(H2,16,21)(H,19,20);4-7H,3H2,1-2H3. The predicted molar refractivity (Wildman–Crippen MR) is 246 cm³/mol. The van der Waals surface area contributed by atoms with Crippen LogP contribution in [0.5, 0.6) is 5.75 Å². The molecule has 19 heteroatoms. The number of aromatic amines is 2. The van der Waals surface area contributed by atoms with Crippen molar-refractivity contribution >= 4 is 51.2 Å². The molecule has 2 aliphatic heterocycles. The summed E-state index contributed by atoms with van der Waals surface area (Å²) in [7, 11) is 1.68. The molecule has 0 radical (unpaired) electrons. The fraction of sp³-hybridized carbons (Fsp3) is 0.386. The molecule has 0 bridgehead atoms. The molecule has 9 rings (SSSR count). The molecule has 7 aromatic rings. The predicted octanol–water partition coefficient (Wildman–Crippen LogP) is 5.34. The van der Waals surface area contributed by atoms with Gasteiger partial charge in [-0.3, -0.25) is 10.2 Å².